The van der Waals surface area contributed by atoms with Crippen molar-refractivity contribution < 1.29 is 9.47 Å². The average molecular weight is 308 g/mol. The number of ether oxygens (including phenoxy) is 2. The molecule has 5 nitrogen and oxygen atoms in total. The third-order valence-corrected chi connectivity index (χ3v) is 4.00. The van der Waals surface area contributed by atoms with Gasteiger partial charge in [0.2, 0.25) is 0 Å². The molecule has 1 atom stereocenters. The van der Waals surface area contributed by atoms with Crippen molar-refractivity contribution in [3.05, 3.63) is 59.0 Å². The van der Waals surface area contributed by atoms with Gasteiger partial charge in [0.15, 0.2) is 0 Å². The predicted octanol–water partition coefficient (Wildman–Crippen LogP) is 2.38. The second kappa shape index (κ2) is 5.52. The first-order valence-corrected chi connectivity index (χ1v) is 7.52. The zero-order valence-corrected chi connectivity index (χ0v) is 12.7. The number of benzene rings is 1. The van der Waals surface area contributed by atoms with Gasteiger partial charge in [-0.3, -0.25) is 9.78 Å². The quantitative estimate of drug-likeness (QED) is 0.694. The molecule has 3 aromatic rings. The standard InChI is InChI=1S/C18H16N2O3/c1-20-17(9-16-15(18(20)21)3-2-8-19-16)12-4-6-13(7-5-12)22-10-14-11-23-14/h2-9,14H,10-11H2,1H3. The molecule has 4 rings (SSSR count). The van der Waals surface area contributed by atoms with Gasteiger partial charge in [0.05, 0.1) is 23.2 Å². The molecular formula is C18H16N2O3. The molecule has 1 saturated heterocycles. The van der Waals surface area contributed by atoms with Gasteiger partial charge >= 0.3 is 0 Å². The SMILES string of the molecule is Cn1c(-c2ccc(OCC3CO3)cc2)cc2ncccc2c1=O. The third kappa shape index (κ3) is 2.71. The number of fused-ring (bicyclic) bond motifs is 1. The van der Waals surface area contributed by atoms with E-state index in [-0.39, 0.29) is 11.7 Å². The largest absolute Gasteiger partial charge is 0.491 e. The van der Waals surface area contributed by atoms with Crippen LogP contribution < -0.4 is 10.3 Å². The highest BCUT2D eigenvalue weighted by Crippen LogP contribution is 2.24. The van der Waals surface area contributed by atoms with Crippen molar-refractivity contribution in [1.29, 1.82) is 0 Å². The molecule has 1 aliphatic heterocycles. The minimum atomic E-state index is -0.0446. The number of hydrogen-bond acceptors (Lipinski definition) is 4. The van der Waals surface area contributed by atoms with Gasteiger partial charge in [0.25, 0.3) is 5.56 Å². The fourth-order valence-corrected chi connectivity index (χ4v) is 2.58. The zero-order valence-electron chi connectivity index (χ0n) is 12.7. The molecular weight excluding hydrogens is 292 g/mol. The fourth-order valence-electron chi connectivity index (χ4n) is 2.58. The molecule has 5 heteroatoms. The Balaban J connectivity index is 1.70. The number of aromatic nitrogens is 2. The summed E-state index contributed by atoms with van der Waals surface area (Å²) in [7, 11) is 1.78. The average Bonchev–Trinajstić information content (AvgIpc) is 3.41. The van der Waals surface area contributed by atoms with E-state index in [0.717, 1.165) is 23.6 Å². The highest BCUT2D eigenvalue weighted by atomic mass is 16.6. The van der Waals surface area contributed by atoms with Crippen LogP contribution in [0.4, 0.5) is 0 Å². The highest BCUT2D eigenvalue weighted by molar-refractivity contribution is 5.81. The third-order valence-electron chi connectivity index (χ3n) is 4.00. The van der Waals surface area contributed by atoms with Crippen molar-refractivity contribution in [2.24, 2.45) is 7.05 Å². The van der Waals surface area contributed by atoms with Gasteiger partial charge in [-0.15, -0.1) is 0 Å². The van der Waals surface area contributed by atoms with Gasteiger partial charge in [-0.05, 0) is 48.0 Å². The first kappa shape index (κ1) is 14.0. The van der Waals surface area contributed by atoms with E-state index < -0.39 is 0 Å². The summed E-state index contributed by atoms with van der Waals surface area (Å²) in [6.07, 6.45) is 1.93. The summed E-state index contributed by atoms with van der Waals surface area (Å²) in [6, 6.07) is 13.2. The maximum absolute atomic E-state index is 12.5. The molecule has 1 fully saturated rings. The van der Waals surface area contributed by atoms with Gasteiger partial charge in [0, 0.05) is 13.2 Å². The molecule has 0 bridgehead atoms. The van der Waals surface area contributed by atoms with Gasteiger partial charge < -0.3 is 14.0 Å². The molecule has 3 heterocycles. The molecule has 0 aliphatic carbocycles. The van der Waals surface area contributed by atoms with Crippen LogP contribution in [0.5, 0.6) is 5.75 Å². The Morgan fingerprint density at radius 3 is 2.83 bits per heavy atom. The van der Waals surface area contributed by atoms with Crippen LogP contribution in [0.1, 0.15) is 0 Å². The minimum absolute atomic E-state index is 0.0446. The molecule has 1 unspecified atom stereocenters. The predicted molar refractivity (Wildman–Crippen MR) is 87.7 cm³/mol. The second-order valence-electron chi connectivity index (χ2n) is 5.62. The normalized spacial score (nSPS) is 16.5. The summed E-state index contributed by atoms with van der Waals surface area (Å²) in [5.74, 6) is 0.799. The number of nitrogens with zero attached hydrogens (tertiary/aromatic N) is 2. The Bertz CT molecular complexity index is 912. The lowest BCUT2D eigenvalue weighted by Gasteiger charge is -2.11. The van der Waals surface area contributed by atoms with Crippen molar-refractivity contribution in [2.45, 2.75) is 6.10 Å². The Hall–Kier alpha value is -2.66. The van der Waals surface area contributed by atoms with Crippen LogP contribution in [0.25, 0.3) is 22.2 Å². The van der Waals surface area contributed by atoms with Crippen LogP contribution in [0.15, 0.2) is 53.5 Å². The molecule has 0 saturated carbocycles. The van der Waals surface area contributed by atoms with Crippen LogP contribution >= 0.6 is 0 Å². The second-order valence-corrected chi connectivity index (χ2v) is 5.62. The lowest BCUT2D eigenvalue weighted by molar-refractivity contribution is 0.263. The van der Waals surface area contributed by atoms with Crippen LogP contribution in [-0.2, 0) is 11.8 Å². The molecule has 1 aromatic carbocycles. The summed E-state index contributed by atoms with van der Waals surface area (Å²) in [4.78, 5) is 16.7. The molecule has 0 N–H and O–H groups in total. The van der Waals surface area contributed by atoms with Gasteiger partial charge in [0.1, 0.15) is 18.5 Å². The lowest BCUT2D eigenvalue weighted by atomic mass is 10.1. The van der Waals surface area contributed by atoms with E-state index in [2.05, 4.69) is 4.98 Å². The van der Waals surface area contributed by atoms with Crippen LogP contribution in [0, 0.1) is 0 Å². The van der Waals surface area contributed by atoms with Gasteiger partial charge in [-0.1, -0.05) is 0 Å². The number of rotatable bonds is 4. The van der Waals surface area contributed by atoms with Crippen molar-refractivity contribution in [1.82, 2.24) is 9.55 Å². The van der Waals surface area contributed by atoms with Crippen LogP contribution in [0.2, 0.25) is 0 Å². The van der Waals surface area contributed by atoms with E-state index in [1.165, 1.54) is 0 Å². The molecule has 2 aromatic heterocycles. The van der Waals surface area contributed by atoms with E-state index >= 15 is 0 Å². The summed E-state index contributed by atoms with van der Waals surface area (Å²) in [5.41, 5.74) is 2.44. The Kier molecular flexibility index (Phi) is 3.35. The summed E-state index contributed by atoms with van der Waals surface area (Å²) >= 11 is 0. The molecule has 1 aliphatic rings. The monoisotopic (exact) mass is 308 g/mol. The van der Waals surface area contributed by atoms with Crippen LogP contribution in [0.3, 0.4) is 0 Å². The number of hydrogen-bond donors (Lipinski definition) is 0. The summed E-state index contributed by atoms with van der Waals surface area (Å²) < 4.78 is 12.4. The molecule has 116 valence electrons. The van der Waals surface area contributed by atoms with Gasteiger partial charge in [-0.25, -0.2) is 0 Å². The van der Waals surface area contributed by atoms with Crippen LogP contribution in [-0.4, -0.2) is 28.9 Å². The van der Waals surface area contributed by atoms with E-state index in [1.54, 1.807) is 29.9 Å². The van der Waals surface area contributed by atoms with E-state index in [9.17, 15) is 4.79 Å². The minimum Gasteiger partial charge on any atom is -0.491 e. The van der Waals surface area contributed by atoms with E-state index in [0.29, 0.717) is 17.5 Å². The highest BCUT2D eigenvalue weighted by Gasteiger charge is 2.23. The van der Waals surface area contributed by atoms with Gasteiger partial charge in [-0.2, -0.15) is 0 Å². The number of pyridine rings is 2. The summed E-state index contributed by atoms with van der Waals surface area (Å²) in [5, 5.41) is 0.628. The van der Waals surface area contributed by atoms with E-state index in [4.69, 9.17) is 9.47 Å². The molecule has 0 spiro atoms. The van der Waals surface area contributed by atoms with Crippen molar-refractivity contribution in [3.63, 3.8) is 0 Å². The Morgan fingerprint density at radius 1 is 1.30 bits per heavy atom. The van der Waals surface area contributed by atoms with Crippen molar-refractivity contribution >= 4 is 10.9 Å². The Morgan fingerprint density at radius 2 is 2.09 bits per heavy atom. The lowest BCUT2D eigenvalue weighted by Crippen LogP contribution is -2.18. The molecule has 23 heavy (non-hydrogen) atoms. The molecule has 0 amide bonds. The maximum Gasteiger partial charge on any atom is 0.260 e. The van der Waals surface area contributed by atoms with Crippen molar-refractivity contribution in [2.75, 3.05) is 13.2 Å². The van der Waals surface area contributed by atoms with Crippen molar-refractivity contribution in [3.8, 4) is 17.0 Å². The zero-order chi connectivity index (χ0) is 15.8. The first-order valence-electron chi connectivity index (χ1n) is 7.52. The topological polar surface area (TPSA) is 56.6 Å². The number of epoxide rings is 1. The van der Waals surface area contributed by atoms with E-state index in [1.807, 2.05) is 30.3 Å². The Labute approximate surface area is 133 Å². The molecule has 0 radical (unpaired) electrons. The fraction of sp³-hybridized carbons (Fsp3) is 0.222. The summed E-state index contributed by atoms with van der Waals surface area (Å²) in [6.45, 7) is 1.36. The first-order chi connectivity index (χ1) is 11.2. The smallest absolute Gasteiger partial charge is 0.260 e. The maximum atomic E-state index is 12.5.